The second-order valence-electron chi connectivity index (χ2n) is 9.03. The van der Waals surface area contributed by atoms with Crippen LogP contribution in [0.1, 0.15) is 55.5 Å². The van der Waals surface area contributed by atoms with Gasteiger partial charge in [0, 0.05) is 19.6 Å². The van der Waals surface area contributed by atoms with Crippen LogP contribution < -0.4 is 5.32 Å². The molecule has 2 aromatic carbocycles. The van der Waals surface area contributed by atoms with E-state index in [4.69, 9.17) is 0 Å². The fraction of sp³-hybridized carbons (Fsp3) is 0.462. The van der Waals surface area contributed by atoms with E-state index in [2.05, 4.69) is 29.3 Å². The third-order valence-corrected chi connectivity index (χ3v) is 6.74. The molecule has 0 bridgehead atoms. The molecule has 2 atom stereocenters. The lowest BCUT2D eigenvalue weighted by Gasteiger charge is -2.40. The highest BCUT2D eigenvalue weighted by Gasteiger charge is 2.37. The van der Waals surface area contributed by atoms with Gasteiger partial charge in [-0.05, 0) is 48.8 Å². The van der Waals surface area contributed by atoms with Crippen molar-refractivity contribution in [1.29, 1.82) is 0 Å². The van der Waals surface area contributed by atoms with Crippen LogP contribution in [0.25, 0.3) is 0 Å². The van der Waals surface area contributed by atoms with Crippen LogP contribution >= 0.6 is 0 Å². The molecule has 1 saturated heterocycles. The molecule has 5 nitrogen and oxygen atoms in total. The van der Waals surface area contributed by atoms with E-state index in [1.807, 2.05) is 54.3 Å². The third kappa shape index (κ3) is 4.99. The quantitative estimate of drug-likeness (QED) is 0.804. The van der Waals surface area contributed by atoms with Gasteiger partial charge in [0.2, 0.25) is 11.8 Å². The molecule has 0 saturated carbocycles. The number of carbonyl (C=O) groups is 2. The summed E-state index contributed by atoms with van der Waals surface area (Å²) in [5.74, 6) is 0.771. The zero-order valence-corrected chi connectivity index (χ0v) is 18.6. The Balaban J connectivity index is 1.50. The van der Waals surface area contributed by atoms with Crippen LogP contribution in [-0.4, -0.2) is 47.8 Å². The van der Waals surface area contributed by atoms with Crippen molar-refractivity contribution in [2.45, 2.75) is 45.2 Å². The fourth-order valence-electron chi connectivity index (χ4n) is 4.78. The van der Waals surface area contributed by atoms with E-state index >= 15 is 0 Å². The van der Waals surface area contributed by atoms with Crippen LogP contribution in [0.15, 0.2) is 54.6 Å². The SMILES string of the molecule is CC1CCN(C(=O)[C@@H]2c3ccccc3CCN2CC(=O)N[C@@H](C)c2ccccc2)CC1. The third-order valence-electron chi connectivity index (χ3n) is 6.74. The fourth-order valence-corrected chi connectivity index (χ4v) is 4.78. The summed E-state index contributed by atoms with van der Waals surface area (Å²) in [5.41, 5.74) is 3.36. The smallest absolute Gasteiger partial charge is 0.244 e. The maximum atomic E-state index is 13.6. The van der Waals surface area contributed by atoms with Gasteiger partial charge in [-0.15, -0.1) is 0 Å². The number of likely N-dealkylation sites (tertiary alicyclic amines) is 1. The highest BCUT2D eigenvalue weighted by molar-refractivity contribution is 5.86. The largest absolute Gasteiger partial charge is 0.348 e. The van der Waals surface area contributed by atoms with Crippen molar-refractivity contribution in [3.05, 3.63) is 71.3 Å². The first kappa shape index (κ1) is 21.6. The molecule has 2 aliphatic rings. The molecule has 2 aliphatic heterocycles. The molecule has 1 N–H and O–H groups in total. The Morgan fingerprint density at radius 3 is 2.42 bits per heavy atom. The maximum Gasteiger partial charge on any atom is 0.244 e. The first-order chi connectivity index (χ1) is 15.0. The predicted octanol–water partition coefficient (Wildman–Crippen LogP) is 3.72. The van der Waals surface area contributed by atoms with Crippen molar-refractivity contribution < 1.29 is 9.59 Å². The maximum absolute atomic E-state index is 13.6. The van der Waals surface area contributed by atoms with Gasteiger partial charge in [0.15, 0.2) is 0 Å². The highest BCUT2D eigenvalue weighted by Crippen LogP contribution is 2.32. The van der Waals surface area contributed by atoms with Crippen molar-refractivity contribution >= 4 is 11.8 Å². The first-order valence-corrected chi connectivity index (χ1v) is 11.5. The van der Waals surface area contributed by atoms with Crippen molar-refractivity contribution in [2.24, 2.45) is 5.92 Å². The summed E-state index contributed by atoms with van der Waals surface area (Å²) in [6.07, 6.45) is 2.96. The molecule has 0 aromatic heterocycles. The van der Waals surface area contributed by atoms with E-state index in [9.17, 15) is 9.59 Å². The summed E-state index contributed by atoms with van der Waals surface area (Å²) in [6, 6.07) is 17.7. The number of rotatable bonds is 5. The molecule has 2 aromatic rings. The minimum absolute atomic E-state index is 0.0409. The van der Waals surface area contributed by atoms with E-state index in [-0.39, 0.29) is 30.4 Å². The van der Waals surface area contributed by atoms with Crippen molar-refractivity contribution in [1.82, 2.24) is 15.1 Å². The summed E-state index contributed by atoms with van der Waals surface area (Å²) in [7, 11) is 0. The summed E-state index contributed by atoms with van der Waals surface area (Å²) in [5, 5.41) is 3.11. The van der Waals surface area contributed by atoms with Gasteiger partial charge in [0.05, 0.1) is 12.6 Å². The van der Waals surface area contributed by atoms with Gasteiger partial charge >= 0.3 is 0 Å². The number of carbonyl (C=O) groups excluding carboxylic acids is 2. The van der Waals surface area contributed by atoms with Gasteiger partial charge in [-0.2, -0.15) is 0 Å². The summed E-state index contributed by atoms with van der Waals surface area (Å²) >= 11 is 0. The number of piperidine rings is 1. The van der Waals surface area contributed by atoms with Gasteiger partial charge < -0.3 is 10.2 Å². The number of nitrogens with one attached hydrogen (secondary N) is 1. The Kier molecular flexibility index (Phi) is 6.71. The molecule has 1 fully saturated rings. The van der Waals surface area contributed by atoms with Crippen LogP contribution in [0.5, 0.6) is 0 Å². The van der Waals surface area contributed by atoms with Gasteiger partial charge in [-0.25, -0.2) is 0 Å². The van der Waals surface area contributed by atoms with Crippen LogP contribution in [0, 0.1) is 5.92 Å². The Labute approximate surface area is 185 Å². The highest BCUT2D eigenvalue weighted by atomic mass is 16.2. The minimum Gasteiger partial charge on any atom is -0.348 e. The number of hydrogen-bond acceptors (Lipinski definition) is 3. The van der Waals surface area contributed by atoms with Gasteiger partial charge in [-0.3, -0.25) is 14.5 Å². The Hall–Kier alpha value is -2.66. The molecular weight excluding hydrogens is 386 g/mol. The van der Waals surface area contributed by atoms with Gasteiger partial charge in [0.25, 0.3) is 0 Å². The topological polar surface area (TPSA) is 52.7 Å². The normalized spacial score (nSPS) is 20.7. The first-order valence-electron chi connectivity index (χ1n) is 11.5. The molecule has 2 amide bonds. The lowest BCUT2D eigenvalue weighted by molar-refractivity contribution is -0.140. The number of benzene rings is 2. The van der Waals surface area contributed by atoms with Crippen LogP contribution in [0.4, 0.5) is 0 Å². The second-order valence-corrected chi connectivity index (χ2v) is 9.03. The average molecular weight is 420 g/mol. The van der Waals surface area contributed by atoms with Crippen molar-refractivity contribution in [3.8, 4) is 0 Å². The molecule has 31 heavy (non-hydrogen) atoms. The zero-order chi connectivity index (χ0) is 21.8. The average Bonchev–Trinajstić information content (AvgIpc) is 2.79. The molecule has 0 radical (unpaired) electrons. The van der Waals surface area contributed by atoms with E-state index < -0.39 is 0 Å². The predicted molar refractivity (Wildman–Crippen MR) is 122 cm³/mol. The van der Waals surface area contributed by atoms with E-state index in [0.717, 1.165) is 43.5 Å². The van der Waals surface area contributed by atoms with Crippen molar-refractivity contribution in [3.63, 3.8) is 0 Å². The van der Waals surface area contributed by atoms with Crippen molar-refractivity contribution in [2.75, 3.05) is 26.2 Å². The van der Waals surface area contributed by atoms with E-state index in [1.54, 1.807) is 0 Å². The van der Waals surface area contributed by atoms with Gasteiger partial charge in [0.1, 0.15) is 6.04 Å². The molecule has 0 unspecified atom stereocenters. The number of amides is 2. The molecule has 164 valence electrons. The molecule has 0 aliphatic carbocycles. The molecule has 2 heterocycles. The van der Waals surface area contributed by atoms with E-state index in [0.29, 0.717) is 12.5 Å². The molecule has 5 heteroatoms. The minimum atomic E-state index is -0.379. The van der Waals surface area contributed by atoms with Crippen LogP contribution in [0.2, 0.25) is 0 Å². The summed E-state index contributed by atoms with van der Waals surface area (Å²) in [4.78, 5) is 30.6. The number of fused-ring (bicyclic) bond motifs is 1. The molecule has 4 rings (SSSR count). The Bertz CT molecular complexity index is 906. The van der Waals surface area contributed by atoms with E-state index in [1.165, 1.54) is 5.56 Å². The Morgan fingerprint density at radius 2 is 1.68 bits per heavy atom. The van der Waals surface area contributed by atoms with Crippen LogP contribution in [-0.2, 0) is 16.0 Å². The lowest BCUT2D eigenvalue weighted by atomic mass is 9.90. The van der Waals surface area contributed by atoms with Gasteiger partial charge in [-0.1, -0.05) is 61.5 Å². The second kappa shape index (κ2) is 9.65. The van der Waals surface area contributed by atoms with Crippen LogP contribution in [0.3, 0.4) is 0 Å². The summed E-state index contributed by atoms with van der Waals surface area (Å²) in [6.45, 7) is 6.81. The molecule has 0 spiro atoms. The summed E-state index contributed by atoms with van der Waals surface area (Å²) < 4.78 is 0. The standard InChI is InChI=1S/C26H33N3O2/c1-19-12-15-28(16-13-19)26(31)25-23-11-7-6-10-22(23)14-17-29(25)18-24(30)27-20(2)21-8-4-3-5-9-21/h3-11,19-20,25H,12-18H2,1-2H3,(H,27,30)/t20-,25-/m0/s1. The lowest BCUT2D eigenvalue weighted by Crippen LogP contribution is -2.50. The zero-order valence-electron chi connectivity index (χ0n) is 18.6. The number of hydrogen-bond donors (Lipinski definition) is 1. The monoisotopic (exact) mass is 419 g/mol. The molecular formula is C26H33N3O2. The Morgan fingerprint density at radius 1 is 1.00 bits per heavy atom. The number of nitrogens with zero attached hydrogens (tertiary/aromatic N) is 2.